The Labute approximate surface area is 533 Å². The molecule has 1 aliphatic rings. The first-order valence-electron chi connectivity index (χ1n) is 31.6. The smallest absolute Gasteiger partial charge is 0.0540 e. The van der Waals surface area contributed by atoms with Crippen LogP contribution in [0, 0.1) is 0 Å². The molecule has 0 aromatic heterocycles. The summed E-state index contributed by atoms with van der Waals surface area (Å²) in [5.41, 5.74) is 24.5. The molecule has 0 saturated heterocycles. The van der Waals surface area contributed by atoms with Crippen LogP contribution in [0.4, 0.5) is 28.4 Å². The van der Waals surface area contributed by atoms with E-state index in [9.17, 15) is 0 Å². The highest BCUT2D eigenvalue weighted by Crippen LogP contribution is 2.49. The Kier molecular flexibility index (Phi) is 14.1. The molecule has 1 unspecified atom stereocenters. The highest BCUT2D eigenvalue weighted by atomic mass is 15.2. The number of nitrogens with zero attached hydrogens (tertiary/aromatic N) is 2. The van der Waals surface area contributed by atoms with Crippen molar-refractivity contribution in [2.45, 2.75) is 18.8 Å². The van der Waals surface area contributed by atoms with E-state index < -0.39 is 0 Å². The van der Waals surface area contributed by atoms with Gasteiger partial charge in [-0.15, -0.1) is 0 Å². The molecule has 16 rings (SSSR count). The van der Waals surface area contributed by atoms with Gasteiger partial charge in [-0.25, -0.2) is 0 Å². The molecule has 2 heteroatoms. The zero-order chi connectivity index (χ0) is 60.7. The van der Waals surface area contributed by atoms with Gasteiger partial charge in [0.25, 0.3) is 0 Å². The summed E-state index contributed by atoms with van der Waals surface area (Å²) >= 11 is 0. The number of hydrogen-bond donors (Lipinski definition) is 0. The number of benzene rings is 15. The molecule has 1 aliphatic carbocycles. The fourth-order valence-electron chi connectivity index (χ4n) is 14.0. The van der Waals surface area contributed by atoms with E-state index in [1.54, 1.807) is 0 Å². The van der Waals surface area contributed by atoms with Crippen molar-refractivity contribution in [1.29, 1.82) is 0 Å². The fraction of sp³-hybridized carbons (Fsp3) is 0.0337. The molecule has 0 fully saturated rings. The first-order chi connectivity index (χ1) is 45.0. The molecule has 15 aromatic rings. The Morgan fingerprint density at radius 3 is 1.07 bits per heavy atom. The van der Waals surface area contributed by atoms with Gasteiger partial charge in [0.05, 0.1) is 5.69 Å². The predicted octanol–water partition coefficient (Wildman–Crippen LogP) is 24.5. The third-order valence-electron chi connectivity index (χ3n) is 18.7. The second kappa shape index (κ2) is 23.5. The van der Waals surface area contributed by atoms with Crippen LogP contribution in [0.5, 0.6) is 0 Å². The molecule has 0 saturated carbocycles. The molecule has 430 valence electrons. The summed E-state index contributed by atoms with van der Waals surface area (Å²) < 4.78 is 0. The number of allylic oxidation sites excluding steroid dienone is 3. The van der Waals surface area contributed by atoms with Gasteiger partial charge in [-0.3, -0.25) is 0 Å². The Morgan fingerprint density at radius 1 is 0.275 bits per heavy atom. The molecule has 2 nitrogen and oxygen atoms in total. The quantitative estimate of drug-likeness (QED) is 0.100. The summed E-state index contributed by atoms with van der Waals surface area (Å²) in [7, 11) is 0. The van der Waals surface area contributed by atoms with Crippen LogP contribution in [0.3, 0.4) is 0 Å². The first-order valence-corrected chi connectivity index (χ1v) is 31.6. The van der Waals surface area contributed by atoms with Crippen molar-refractivity contribution >= 4 is 66.3 Å². The van der Waals surface area contributed by atoms with Gasteiger partial charge in [0, 0.05) is 39.4 Å². The SMILES string of the molecule is CC1(c2ccccc2)C=CC(N(c2ccc(-c3ccccc3)cc2)c2ccc(-c3ccc4ccc5c(-c6ccc(N(c7ccc(-c8ccccc8)cc7)c7ccc(-c8ccccc8)cc7-c7ccccc7)cc6)ccc6ccc3c4c65)cc2)=C(c2ccccc2)C1. The number of anilines is 5. The lowest BCUT2D eigenvalue weighted by atomic mass is 9.72. The van der Waals surface area contributed by atoms with Gasteiger partial charge in [0.2, 0.25) is 0 Å². The highest BCUT2D eigenvalue weighted by Gasteiger charge is 2.33. The van der Waals surface area contributed by atoms with E-state index in [4.69, 9.17) is 0 Å². The Hall–Kier alpha value is -11.6. The Balaban J connectivity index is 0.778. The lowest BCUT2D eigenvalue weighted by Gasteiger charge is -2.37. The molecule has 0 amide bonds. The van der Waals surface area contributed by atoms with E-state index >= 15 is 0 Å². The van der Waals surface area contributed by atoms with Crippen molar-refractivity contribution in [1.82, 2.24) is 0 Å². The third-order valence-corrected chi connectivity index (χ3v) is 18.7. The summed E-state index contributed by atoms with van der Waals surface area (Å²) in [6.45, 7) is 2.37. The van der Waals surface area contributed by atoms with Gasteiger partial charge in [-0.05, 0) is 183 Å². The van der Waals surface area contributed by atoms with Crippen molar-refractivity contribution in [3.05, 3.63) is 375 Å². The molecule has 0 heterocycles. The highest BCUT2D eigenvalue weighted by molar-refractivity contribution is 6.27. The molecule has 91 heavy (non-hydrogen) atoms. The standard InChI is InChI=1S/C89H64N2/c1-89(74-30-18-7-19-31-74)59-58-86(84(61-89)68-28-16-6-17-29-68)91(76-47-34-66(35-48-76)63-22-10-3-11-23-63)78-51-38-70(39-52-78)80-54-41-72-42-55-81-79(53-40-71-43-56-82(80)88(72)87(71)81)69-36-49-77(50-37-69)90(75-45-32-65(33-46-75)62-20-8-2-9-21-62)85-57-44-73(64-24-12-4-13-25-64)60-83(85)67-26-14-5-15-27-67/h2-60H,61H2,1H3. The zero-order valence-electron chi connectivity index (χ0n) is 50.7. The molecule has 0 aliphatic heterocycles. The second-order valence-electron chi connectivity index (χ2n) is 24.2. The van der Waals surface area contributed by atoms with Crippen molar-refractivity contribution in [2.24, 2.45) is 0 Å². The summed E-state index contributed by atoms with van der Waals surface area (Å²) in [5, 5.41) is 7.54. The molecule has 1 atom stereocenters. The minimum Gasteiger partial charge on any atom is -0.310 e. The van der Waals surface area contributed by atoms with Gasteiger partial charge < -0.3 is 9.80 Å². The summed E-state index contributed by atoms with van der Waals surface area (Å²) in [4.78, 5) is 4.88. The Morgan fingerprint density at radius 2 is 0.615 bits per heavy atom. The molecular formula is C89H64N2. The van der Waals surface area contributed by atoms with Gasteiger partial charge >= 0.3 is 0 Å². The van der Waals surface area contributed by atoms with E-state index in [0.29, 0.717) is 0 Å². The van der Waals surface area contributed by atoms with Crippen LogP contribution in [0.2, 0.25) is 0 Å². The third kappa shape index (κ3) is 10.3. The van der Waals surface area contributed by atoms with E-state index in [0.717, 1.165) is 46.0 Å². The minimum atomic E-state index is -0.187. The maximum Gasteiger partial charge on any atom is 0.0540 e. The first kappa shape index (κ1) is 54.8. The summed E-state index contributed by atoms with van der Waals surface area (Å²) in [6, 6.07) is 127. The minimum absolute atomic E-state index is 0.187. The summed E-state index contributed by atoms with van der Waals surface area (Å²) in [5.74, 6) is 0. The van der Waals surface area contributed by atoms with Crippen LogP contribution in [-0.4, -0.2) is 0 Å². The molecule has 0 radical (unpaired) electrons. The van der Waals surface area contributed by atoms with Crippen LogP contribution in [0.25, 0.3) is 105 Å². The van der Waals surface area contributed by atoms with Gasteiger partial charge in [0.15, 0.2) is 0 Å². The van der Waals surface area contributed by atoms with Crippen LogP contribution in [0.15, 0.2) is 364 Å². The van der Waals surface area contributed by atoms with Crippen molar-refractivity contribution in [2.75, 3.05) is 9.80 Å². The topological polar surface area (TPSA) is 6.48 Å². The number of hydrogen-bond acceptors (Lipinski definition) is 2. The van der Waals surface area contributed by atoms with Crippen LogP contribution >= 0.6 is 0 Å². The van der Waals surface area contributed by atoms with E-state index in [-0.39, 0.29) is 5.41 Å². The second-order valence-corrected chi connectivity index (χ2v) is 24.2. The van der Waals surface area contributed by atoms with E-state index in [2.05, 4.69) is 375 Å². The molecular weight excluding hydrogens is 1100 g/mol. The average molecular weight is 1160 g/mol. The maximum absolute atomic E-state index is 2.46. The fourth-order valence-corrected chi connectivity index (χ4v) is 14.0. The van der Waals surface area contributed by atoms with Crippen molar-refractivity contribution in [3.8, 4) is 66.8 Å². The van der Waals surface area contributed by atoms with Gasteiger partial charge in [-0.1, -0.05) is 298 Å². The molecule has 0 spiro atoms. The monoisotopic (exact) mass is 1160 g/mol. The molecule has 15 aromatic carbocycles. The molecule has 0 bridgehead atoms. The largest absolute Gasteiger partial charge is 0.310 e. The number of rotatable bonds is 14. The van der Waals surface area contributed by atoms with Crippen LogP contribution in [0.1, 0.15) is 24.5 Å². The van der Waals surface area contributed by atoms with Crippen molar-refractivity contribution in [3.63, 3.8) is 0 Å². The predicted molar refractivity (Wildman–Crippen MR) is 387 cm³/mol. The van der Waals surface area contributed by atoms with Gasteiger partial charge in [0.1, 0.15) is 0 Å². The van der Waals surface area contributed by atoms with Gasteiger partial charge in [-0.2, -0.15) is 0 Å². The normalized spacial score (nSPS) is 13.9. The summed E-state index contributed by atoms with van der Waals surface area (Å²) in [6.07, 6.45) is 5.64. The lowest BCUT2D eigenvalue weighted by Crippen LogP contribution is -2.27. The van der Waals surface area contributed by atoms with E-state index in [1.165, 1.54) is 110 Å². The maximum atomic E-state index is 2.46. The lowest BCUT2D eigenvalue weighted by molar-refractivity contribution is 0.605. The zero-order valence-corrected chi connectivity index (χ0v) is 50.7. The average Bonchev–Trinajstić information content (AvgIpc) is 0.773. The van der Waals surface area contributed by atoms with Crippen molar-refractivity contribution < 1.29 is 0 Å². The van der Waals surface area contributed by atoms with E-state index in [1.807, 2.05) is 0 Å². The van der Waals surface area contributed by atoms with Crippen LogP contribution in [-0.2, 0) is 5.41 Å². The molecule has 0 N–H and O–H groups in total. The Bertz CT molecular complexity index is 5120. The van der Waals surface area contributed by atoms with Crippen LogP contribution < -0.4 is 9.80 Å².